The van der Waals surface area contributed by atoms with Crippen molar-refractivity contribution in [2.45, 2.75) is 55.4 Å². The van der Waals surface area contributed by atoms with Crippen LogP contribution in [0.5, 0.6) is 0 Å². The fourth-order valence-electron chi connectivity index (χ4n) is 6.31. The van der Waals surface area contributed by atoms with Gasteiger partial charge in [-0.1, -0.05) is 0 Å². The molecule has 168 valence electrons. The van der Waals surface area contributed by atoms with Gasteiger partial charge in [0.2, 0.25) is 10.0 Å². The summed E-state index contributed by atoms with van der Waals surface area (Å²) in [6.45, 7) is 0.824. The van der Waals surface area contributed by atoms with Gasteiger partial charge in [-0.3, -0.25) is 9.36 Å². The largest absolute Gasteiger partial charge is 0.375 e. The van der Waals surface area contributed by atoms with E-state index in [-0.39, 0.29) is 22.4 Å². The molecule has 2 N–H and O–H groups in total. The van der Waals surface area contributed by atoms with Crippen LogP contribution in [-0.2, 0) is 21.8 Å². The molecule has 1 heterocycles. The first kappa shape index (κ1) is 20.9. The fourth-order valence-corrected chi connectivity index (χ4v) is 7.41. The monoisotopic (exact) mass is 447 g/mol. The summed E-state index contributed by atoms with van der Waals surface area (Å²) in [6.07, 6.45) is 8.20. The summed E-state index contributed by atoms with van der Waals surface area (Å²) in [6, 6.07) is 4.15. The van der Waals surface area contributed by atoms with Crippen molar-refractivity contribution >= 4 is 20.9 Å². The number of nitrogens with one attached hydrogen (secondary N) is 2. The third-order valence-electron chi connectivity index (χ3n) is 7.39. The highest BCUT2D eigenvalue weighted by Crippen LogP contribution is 2.57. The number of sulfonamides is 1. The average Bonchev–Trinajstić information content (AvgIpc) is 2.70. The maximum atomic E-state index is 12.7. The van der Waals surface area contributed by atoms with Gasteiger partial charge in [0.1, 0.15) is 0 Å². The Labute approximate surface area is 181 Å². The summed E-state index contributed by atoms with van der Waals surface area (Å²) in [5.41, 5.74) is -0.718. The van der Waals surface area contributed by atoms with Gasteiger partial charge in [0.15, 0.2) is 0 Å². The minimum absolute atomic E-state index is 0.00570. The van der Waals surface area contributed by atoms with E-state index in [1.807, 2.05) is 0 Å². The predicted molar refractivity (Wildman–Crippen MR) is 116 cm³/mol. The zero-order valence-electron chi connectivity index (χ0n) is 17.7. The lowest BCUT2D eigenvalue weighted by molar-refractivity contribution is -0.162. The third-order valence-corrected chi connectivity index (χ3v) is 8.84. The number of ether oxygens (including phenoxy) is 1. The summed E-state index contributed by atoms with van der Waals surface area (Å²) in [7, 11) is -2.41. The molecular weight excluding hydrogens is 418 g/mol. The predicted octanol–water partition coefficient (Wildman–Crippen LogP) is 1.88. The topological polar surface area (TPSA) is 110 Å². The van der Waals surface area contributed by atoms with E-state index in [0.29, 0.717) is 18.5 Å². The SMILES string of the molecule is Cn1c(=O)[nH]c2ccc(S(=O)(=O)NCCCOC34CC5CC(CC(C5)C3)C4)cc2c1=O. The number of rotatable bonds is 7. The number of fused-ring (bicyclic) bond motifs is 1. The van der Waals surface area contributed by atoms with Gasteiger partial charge in [-0.2, -0.15) is 0 Å². The minimum atomic E-state index is -3.76. The summed E-state index contributed by atoms with van der Waals surface area (Å²) in [5, 5.41) is 0.162. The Balaban J connectivity index is 1.20. The summed E-state index contributed by atoms with van der Waals surface area (Å²) < 4.78 is 35.3. The Morgan fingerprint density at radius 1 is 1.13 bits per heavy atom. The molecule has 9 heteroatoms. The van der Waals surface area contributed by atoms with Gasteiger partial charge in [-0.05, 0) is 80.9 Å². The van der Waals surface area contributed by atoms with Gasteiger partial charge >= 0.3 is 5.69 Å². The molecule has 4 aliphatic carbocycles. The Morgan fingerprint density at radius 2 is 1.77 bits per heavy atom. The van der Waals surface area contributed by atoms with E-state index >= 15 is 0 Å². The summed E-state index contributed by atoms with van der Waals surface area (Å²) in [5.74, 6) is 2.46. The van der Waals surface area contributed by atoms with Crippen LogP contribution in [0, 0.1) is 17.8 Å². The Hall–Kier alpha value is -1.97. The molecule has 4 bridgehead atoms. The van der Waals surface area contributed by atoms with Crippen LogP contribution in [0.15, 0.2) is 32.7 Å². The normalized spacial score (nSPS) is 29.6. The molecule has 0 aliphatic heterocycles. The third kappa shape index (κ3) is 3.87. The molecule has 4 saturated carbocycles. The number of aromatic amines is 1. The van der Waals surface area contributed by atoms with Crippen LogP contribution in [0.1, 0.15) is 44.9 Å². The van der Waals surface area contributed by atoms with Crippen molar-refractivity contribution in [1.82, 2.24) is 14.3 Å². The number of aromatic nitrogens is 2. The van der Waals surface area contributed by atoms with Gasteiger partial charge in [0, 0.05) is 20.2 Å². The van der Waals surface area contributed by atoms with Crippen molar-refractivity contribution in [2.75, 3.05) is 13.2 Å². The average molecular weight is 448 g/mol. The minimum Gasteiger partial charge on any atom is -0.375 e. The second kappa shape index (κ2) is 7.56. The first-order chi connectivity index (χ1) is 14.7. The molecule has 0 spiro atoms. The van der Waals surface area contributed by atoms with E-state index in [1.165, 1.54) is 63.8 Å². The molecule has 0 saturated heterocycles. The van der Waals surface area contributed by atoms with Crippen LogP contribution in [0.3, 0.4) is 0 Å². The lowest BCUT2D eigenvalue weighted by Crippen LogP contribution is -2.52. The van der Waals surface area contributed by atoms with E-state index < -0.39 is 21.3 Å². The first-order valence-corrected chi connectivity index (χ1v) is 12.6. The summed E-state index contributed by atoms with van der Waals surface area (Å²) >= 11 is 0. The highest BCUT2D eigenvalue weighted by atomic mass is 32.2. The van der Waals surface area contributed by atoms with Gasteiger partial charge in [0.25, 0.3) is 5.56 Å². The highest BCUT2D eigenvalue weighted by Gasteiger charge is 2.51. The van der Waals surface area contributed by atoms with Crippen LogP contribution in [0.4, 0.5) is 0 Å². The van der Waals surface area contributed by atoms with E-state index in [1.54, 1.807) is 0 Å². The van der Waals surface area contributed by atoms with Crippen molar-refractivity contribution in [1.29, 1.82) is 0 Å². The molecular formula is C22H29N3O5S. The molecule has 1 aromatic carbocycles. The molecule has 31 heavy (non-hydrogen) atoms. The molecule has 0 amide bonds. The van der Waals surface area contributed by atoms with Gasteiger partial charge in [-0.25, -0.2) is 17.9 Å². The van der Waals surface area contributed by atoms with Crippen LogP contribution >= 0.6 is 0 Å². The van der Waals surface area contributed by atoms with Crippen molar-refractivity contribution in [3.8, 4) is 0 Å². The highest BCUT2D eigenvalue weighted by molar-refractivity contribution is 7.89. The van der Waals surface area contributed by atoms with Crippen molar-refractivity contribution in [2.24, 2.45) is 24.8 Å². The Morgan fingerprint density at radius 3 is 2.42 bits per heavy atom. The van der Waals surface area contributed by atoms with Crippen molar-refractivity contribution < 1.29 is 13.2 Å². The standard InChI is InChI=1S/C22H29N3O5S/c1-25-20(26)18-10-17(3-4-19(18)24-21(25)27)31(28,29)23-5-2-6-30-22-11-14-7-15(12-22)9-16(8-14)13-22/h3-4,10,14-16,23H,2,5-9,11-13H2,1H3,(H,24,27). The zero-order valence-corrected chi connectivity index (χ0v) is 18.5. The van der Waals surface area contributed by atoms with Gasteiger partial charge < -0.3 is 9.72 Å². The first-order valence-electron chi connectivity index (χ1n) is 11.1. The van der Waals surface area contributed by atoms with Crippen LogP contribution in [0.2, 0.25) is 0 Å². The number of H-pyrrole nitrogens is 1. The lowest BCUT2D eigenvalue weighted by atomic mass is 9.54. The van der Waals surface area contributed by atoms with Gasteiger partial charge in [0.05, 0.1) is 21.4 Å². The van der Waals surface area contributed by atoms with Crippen LogP contribution in [-0.4, -0.2) is 36.7 Å². The van der Waals surface area contributed by atoms with Crippen molar-refractivity contribution in [3.05, 3.63) is 39.0 Å². The second-order valence-electron chi connectivity index (χ2n) is 9.70. The number of benzene rings is 1. The number of hydrogen-bond donors (Lipinski definition) is 2. The maximum Gasteiger partial charge on any atom is 0.328 e. The van der Waals surface area contributed by atoms with Crippen LogP contribution < -0.4 is 16.0 Å². The molecule has 4 aliphatic rings. The molecule has 4 fully saturated rings. The molecule has 6 rings (SSSR count). The summed E-state index contributed by atoms with van der Waals surface area (Å²) in [4.78, 5) is 26.6. The Kier molecular flexibility index (Phi) is 5.10. The van der Waals surface area contributed by atoms with E-state index in [4.69, 9.17) is 4.74 Å². The molecule has 0 atom stereocenters. The fraction of sp³-hybridized carbons (Fsp3) is 0.636. The van der Waals surface area contributed by atoms with E-state index in [2.05, 4.69) is 9.71 Å². The van der Waals surface area contributed by atoms with E-state index in [0.717, 1.165) is 22.3 Å². The smallest absolute Gasteiger partial charge is 0.328 e. The van der Waals surface area contributed by atoms with E-state index in [9.17, 15) is 18.0 Å². The molecule has 0 unspecified atom stereocenters. The van der Waals surface area contributed by atoms with Gasteiger partial charge in [-0.15, -0.1) is 0 Å². The van der Waals surface area contributed by atoms with Crippen LogP contribution in [0.25, 0.3) is 10.9 Å². The quantitative estimate of drug-likeness (QED) is 0.630. The molecule has 8 nitrogen and oxygen atoms in total. The molecule has 2 aromatic rings. The number of hydrogen-bond acceptors (Lipinski definition) is 5. The lowest BCUT2D eigenvalue weighted by Gasteiger charge is -2.56. The second-order valence-corrected chi connectivity index (χ2v) is 11.5. The molecule has 0 radical (unpaired) electrons. The zero-order chi connectivity index (χ0) is 21.8. The Bertz CT molecular complexity index is 1190. The number of nitrogens with zero attached hydrogens (tertiary/aromatic N) is 1. The molecule has 1 aromatic heterocycles. The van der Waals surface area contributed by atoms with Crippen molar-refractivity contribution in [3.63, 3.8) is 0 Å². The maximum absolute atomic E-state index is 12.7.